The van der Waals surface area contributed by atoms with E-state index in [4.69, 9.17) is 11.6 Å². The summed E-state index contributed by atoms with van der Waals surface area (Å²) in [5.74, 6) is 2.38. The van der Waals surface area contributed by atoms with Gasteiger partial charge in [0.25, 0.3) is 0 Å². The lowest BCUT2D eigenvalue weighted by Gasteiger charge is -2.27. The van der Waals surface area contributed by atoms with Gasteiger partial charge >= 0.3 is 0 Å². The summed E-state index contributed by atoms with van der Waals surface area (Å²) in [5.41, 5.74) is 1.05. The Morgan fingerprint density at radius 3 is 2.88 bits per heavy atom. The summed E-state index contributed by atoms with van der Waals surface area (Å²) in [5, 5.41) is 3.77. The van der Waals surface area contributed by atoms with Crippen LogP contribution in [0.25, 0.3) is 0 Å². The highest BCUT2D eigenvalue weighted by atomic mass is 35.5. The minimum atomic E-state index is -0.656. The van der Waals surface area contributed by atoms with Gasteiger partial charge in [0.05, 0.1) is 5.02 Å². The summed E-state index contributed by atoms with van der Waals surface area (Å²) >= 11 is 6.07. The third-order valence-electron chi connectivity index (χ3n) is 2.79. The molecular formula is C11H16ClN3OS. The number of aromatic nitrogens is 1. The zero-order valence-electron chi connectivity index (χ0n) is 9.78. The molecule has 2 heterocycles. The molecule has 0 atom stereocenters. The molecule has 0 amide bonds. The standard InChI is InChI=1S/C11H16ClN3OS/c1-13-7-9-6-11(14-8-10(9)12)15-2-4-17(16)5-3-15/h6,8,13H,2-5,7H2,1H3. The lowest BCUT2D eigenvalue weighted by molar-refractivity contribution is 0.672. The lowest BCUT2D eigenvalue weighted by atomic mass is 10.2. The van der Waals surface area contributed by atoms with Crippen molar-refractivity contribution in [2.75, 3.05) is 36.5 Å². The third-order valence-corrected chi connectivity index (χ3v) is 4.41. The summed E-state index contributed by atoms with van der Waals surface area (Å²) in [6.07, 6.45) is 1.69. The van der Waals surface area contributed by atoms with Crippen LogP contribution < -0.4 is 10.2 Å². The van der Waals surface area contributed by atoms with Crippen molar-refractivity contribution in [2.24, 2.45) is 0 Å². The van der Waals surface area contributed by atoms with Crippen LogP contribution >= 0.6 is 11.6 Å². The van der Waals surface area contributed by atoms with Gasteiger partial charge in [0, 0.05) is 48.1 Å². The molecule has 6 heteroatoms. The van der Waals surface area contributed by atoms with Crippen LogP contribution in [-0.2, 0) is 17.3 Å². The Kier molecular flexibility index (Phi) is 4.36. The molecule has 4 nitrogen and oxygen atoms in total. The fraction of sp³-hybridized carbons (Fsp3) is 0.545. The number of rotatable bonds is 3. The molecule has 2 rings (SSSR count). The Hall–Kier alpha value is -0.650. The van der Waals surface area contributed by atoms with Crippen molar-refractivity contribution in [1.82, 2.24) is 10.3 Å². The minimum absolute atomic E-state index is 0.656. The quantitative estimate of drug-likeness (QED) is 0.893. The summed E-state index contributed by atoms with van der Waals surface area (Å²) in [7, 11) is 1.23. The van der Waals surface area contributed by atoms with Crippen molar-refractivity contribution in [3.63, 3.8) is 0 Å². The highest BCUT2D eigenvalue weighted by molar-refractivity contribution is 7.85. The second-order valence-corrected chi connectivity index (χ2v) is 6.10. The molecule has 1 aliphatic heterocycles. The van der Waals surface area contributed by atoms with Crippen LogP contribution in [0.5, 0.6) is 0 Å². The summed E-state index contributed by atoms with van der Waals surface area (Å²) in [6.45, 7) is 2.34. The molecule has 0 radical (unpaired) electrons. The van der Waals surface area contributed by atoms with Crippen molar-refractivity contribution in [1.29, 1.82) is 0 Å². The predicted molar refractivity (Wildman–Crippen MR) is 72.1 cm³/mol. The van der Waals surface area contributed by atoms with Crippen LogP contribution in [0.3, 0.4) is 0 Å². The van der Waals surface area contributed by atoms with Gasteiger partial charge in [0.15, 0.2) is 0 Å². The van der Waals surface area contributed by atoms with E-state index in [0.29, 0.717) is 5.02 Å². The minimum Gasteiger partial charge on any atom is -0.355 e. The van der Waals surface area contributed by atoms with Crippen molar-refractivity contribution in [3.05, 3.63) is 22.8 Å². The first-order valence-corrected chi connectivity index (χ1v) is 7.46. The zero-order chi connectivity index (χ0) is 12.3. The maximum absolute atomic E-state index is 11.3. The summed E-state index contributed by atoms with van der Waals surface area (Å²) in [4.78, 5) is 6.50. The molecule has 0 aromatic carbocycles. The molecule has 1 aromatic rings. The molecule has 0 aliphatic carbocycles. The molecule has 94 valence electrons. The number of anilines is 1. The highest BCUT2D eigenvalue weighted by Gasteiger charge is 2.17. The maximum atomic E-state index is 11.3. The van der Waals surface area contributed by atoms with Gasteiger partial charge in [-0.15, -0.1) is 0 Å². The third kappa shape index (κ3) is 3.18. The molecule has 1 saturated heterocycles. The molecule has 0 bridgehead atoms. The highest BCUT2D eigenvalue weighted by Crippen LogP contribution is 2.21. The van der Waals surface area contributed by atoms with E-state index in [0.717, 1.165) is 42.5 Å². The molecule has 1 aromatic heterocycles. The van der Waals surface area contributed by atoms with Gasteiger partial charge in [0.2, 0.25) is 0 Å². The number of nitrogens with zero attached hydrogens (tertiary/aromatic N) is 2. The van der Waals surface area contributed by atoms with E-state index in [1.165, 1.54) is 0 Å². The molecule has 0 saturated carbocycles. The van der Waals surface area contributed by atoms with E-state index in [1.807, 2.05) is 13.1 Å². The first-order valence-electron chi connectivity index (χ1n) is 5.59. The average molecular weight is 274 g/mol. The van der Waals surface area contributed by atoms with Gasteiger partial charge in [-0.1, -0.05) is 11.6 Å². The number of hydrogen-bond acceptors (Lipinski definition) is 4. The monoisotopic (exact) mass is 273 g/mol. The fourth-order valence-electron chi connectivity index (χ4n) is 1.83. The fourth-order valence-corrected chi connectivity index (χ4v) is 3.06. The topological polar surface area (TPSA) is 45.2 Å². The van der Waals surface area contributed by atoms with E-state index in [2.05, 4.69) is 15.2 Å². The van der Waals surface area contributed by atoms with Crippen LogP contribution in [0.15, 0.2) is 12.3 Å². The van der Waals surface area contributed by atoms with Crippen molar-refractivity contribution in [3.8, 4) is 0 Å². The van der Waals surface area contributed by atoms with Crippen LogP contribution in [0, 0.1) is 0 Å². The van der Waals surface area contributed by atoms with E-state index in [9.17, 15) is 4.21 Å². The Bertz CT molecular complexity index is 417. The van der Waals surface area contributed by atoms with E-state index >= 15 is 0 Å². The van der Waals surface area contributed by atoms with Crippen molar-refractivity contribution >= 4 is 28.2 Å². The van der Waals surface area contributed by atoms with Gasteiger partial charge < -0.3 is 10.2 Å². The number of hydrogen-bond donors (Lipinski definition) is 1. The Balaban J connectivity index is 2.15. The average Bonchev–Trinajstić information content (AvgIpc) is 2.33. The molecule has 0 unspecified atom stereocenters. The van der Waals surface area contributed by atoms with Gasteiger partial charge in [0.1, 0.15) is 5.82 Å². The maximum Gasteiger partial charge on any atom is 0.128 e. The van der Waals surface area contributed by atoms with Crippen LogP contribution in [0.2, 0.25) is 5.02 Å². The van der Waals surface area contributed by atoms with Gasteiger partial charge in [-0.3, -0.25) is 4.21 Å². The molecule has 1 fully saturated rings. The predicted octanol–water partition coefficient (Wildman–Crippen LogP) is 1.02. The number of halogens is 1. The smallest absolute Gasteiger partial charge is 0.128 e. The number of pyridine rings is 1. The first-order chi connectivity index (χ1) is 8.20. The van der Waals surface area contributed by atoms with Crippen LogP contribution in [0.4, 0.5) is 5.82 Å². The van der Waals surface area contributed by atoms with Gasteiger partial charge in [-0.2, -0.15) is 0 Å². The van der Waals surface area contributed by atoms with E-state index < -0.39 is 10.8 Å². The van der Waals surface area contributed by atoms with Gasteiger partial charge in [-0.25, -0.2) is 4.98 Å². The molecule has 1 N–H and O–H groups in total. The molecule has 1 aliphatic rings. The van der Waals surface area contributed by atoms with Crippen LogP contribution in [-0.4, -0.2) is 40.8 Å². The Labute approximate surface area is 109 Å². The normalized spacial score (nSPS) is 17.4. The first kappa shape index (κ1) is 12.8. The molecular weight excluding hydrogens is 258 g/mol. The van der Waals surface area contributed by atoms with Gasteiger partial charge in [-0.05, 0) is 18.7 Å². The largest absolute Gasteiger partial charge is 0.355 e. The molecule has 17 heavy (non-hydrogen) atoms. The SMILES string of the molecule is CNCc1cc(N2CCS(=O)CC2)ncc1Cl. The van der Waals surface area contributed by atoms with Crippen molar-refractivity contribution in [2.45, 2.75) is 6.54 Å². The summed E-state index contributed by atoms with van der Waals surface area (Å²) < 4.78 is 11.3. The number of nitrogens with one attached hydrogen (secondary N) is 1. The Morgan fingerprint density at radius 1 is 1.53 bits per heavy atom. The second kappa shape index (κ2) is 5.80. The molecule has 0 spiro atoms. The zero-order valence-corrected chi connectivity index (χ0v) is 11.4. The summed E-state index contributed by atoms with van der Waals surface area (Å²) in [6, 6.07) is 2.01. The van der Waals surface area contributed by atoms with Crippen LogP contribution in [0.1, 0.15) is 5.56 Å². The van der Waals surface area contributed by atoms with Crippen molar-refractivity contribution < 1.29 is 4.21 Å². The Morgan fingerprint density at radius 2 is 2.24 bits per heavy atom. The lowest BCUT2D eigenvalue weighted by Crippen LogP contribution is -2.38. The van der Waals surface area contributed by atoms with E-state index in [-0.39, 0.29) is 0 Å². The second-order valence-electron chi connectivity index (χ2n) is 4.00. The van der Waals surface area contributed by atoms with E-state index in [1.54, 1.807) is 6.20 Å².